The van der Waals surface area contributed by atoms with Crippen LogP contribution in [-0.2, 0) is 0 Å². The van der Waals surface area contributed by atoms with Crippen molar-refractivity contribution < 1.29 is 9.90 Å². The Kier molecular flexibility index (Phi) is 1.48. The Morgan fingerprint density at radius 1 is 1.38 bits per heavy atom. The van der Waals surface area contributed by atoms with Crippen LogP contribution in [0.5, 0.6) is 0 Å². The minimum absolute atomic E-state index is 0.269. The zero-order valence-corrected chi connectivity index (χ0v) is 6.77. The van der Waals surface area contributed by atoms with Gasteiger partial charge >= 0.3 is 5.97 Å². The second-order valence-electron chi connectivity index (χ2n) is 2.83. The number of hydrogen-bond donors (Lipinski definition) is 2. The molecule has 2 aromatic heterocycles. The third-order valence-electron chi connectivity index (χ3n) is 1.86. The summed E-state index contributed by atoms with van der Waals surface area (Å²) in [6.45, 7) is 0. The molecule has 2 rings (SSSR count). The summed E-state index contributed by atoms with van der Waals surface area (Å²) >= 11 is 0. The monoisotopic (exact) mass is 176 g/mol. The number of pyridine rings is 1. The highest BCUT2D eigenvalue weighted by atomic mass is 16.4. The van der Waals surface area contributed by atoms with Crippen LogP contribution in [0.25, 0.3) is 5.52 Å². The molecule has 0 amide bonds. The van der Waals surface area contributed by atoms with Gasteiger partial charge in [0, 0.05) is 23.6 Å². The lowest BCUT2D eigenvalue weighted by Gasteiger charge is -1.94. The average Bonchev–Trinajstić information content (AvgIpc) is 2.46. The Morgan fingerprint density at radius 3 is 2.85 bits per heavy atom. The lowest BCUT2D eigenvalue weighted by molar-refractivity contribution is 0.0697. The number of rotatable bonds is 1. The second-order valence-corrected chi connectivity index (χ2v) is 2.83. The van der Waals surface area contributed by atoms with Crippen molar-refractivity contribution in [1.82, 2.24) is 4.40 Å². The van der Waals surface area contributed by atoms with Crippen LogP contribution >= 0.6 is 0 Å². The number of carbonyl (C=O) groups is 1. The number of aromatic nitrogens is 1. The van der Waals surface area contributed by atoms with Gasteiger partial charge in [0.05, 0.1) is 5.56 Å². The van der Waals surface area contributed by atoms with E-state index in [1.165, 1.54) is 6.20 Å². The number of nitrogens with zero attached hydrogens (tertiary/aromatic N) is 1. The van der Waals surface area contributed by atoms with Crippen molar-refractivity contribution >= 4 is 17.2 Å². The molecule has 13 heavy (non-hydrogen) atoms. The lowest BCUT2D eigenvalue weighted by Crippen LogP contribution is -1.92. The highest BCUT2D eigenvalue weighted by Gasteiger charge is 2.05. The first-order valence-corrected chi connectivity index (χ1v) is 3.77. The first-order chi connectivity index (χ1) is 6.16. The molecule has 0 saturated heterocycles. The smallest absolute Gasteiger partial charge is 0.337 e. The van der Waals surface area contributed by atoms with E-state index in [0.29, 0.717) is 5.69 Å². The molecule has 0 spiro atoms. The highest BCUT2D eigenvalue weighted by Crippen LogP contribution is 2.12. The quantitative estimate of drug-likeness (QED) is 0.686. The molecular formula is C9H8N2O2. The Bertz CT molecular complexity index is 473. The van der Waals surface area contributed by atoms with E-state index in [2.05, 4.69) is 0 Å². The van der Waals surface area contributed by atoms with E-state index in [4.69, 9.17) is 10.8 Å². The van der Waals surface area contributed by atoms with Crippen LogP contribution in [0.4, 0.5) is 5.69 Å². The van der Waals surface area contributed by atoms with Gasteiger partial charge in [-0.25, -0.2) is 4.79 Å². The number of anilines is 1. The first-order valence-electron chi connectivity index (χ1n) is 3.77. The maximum absolute atomic E-state index is 10.6. The Balaban J connectivity index is 2.68. The number of hydrogen-bond acceptors (Lipinski definition) is 2. The van der Waals surface area contributed by atoms with Gasteiger partial charge in [-0.15, -0.1) is 0 Å². The van der Waals surface area contributed by atoms with E-state index < -0.39 is 5.97 Å². The number of nitrogen functional groups attached to an aromatic ring is 1. The number of carboxylic acids is 1. The van der Waals surface area contributed by atoms with Gasteiger partial charge in [0.15, 0.2) is 0 Å². The molecule has 0 radical (unpaired) electrons. The van der Waals surface area contributed by atoms with Gasteiger partial charge in [0.1, 0.15) is 0 Å². The van der Waals surface area contributed by atoms with Crippen molar-refractivity contribution in [2.24, 2.45) is 0 Å². The van der Waals surface area contributed by atoms with Crippen LogP contribution in [0, 0.1) is 0 Å². The van der Waals surface area contributed by atoms with Crippen molar-refractivity contribution in [2.75, 3.05) is 5.73 Å². The van der Waals surface area contributed by atoms with Crippen LogP contribution in [0.1, 0.15) is 10.4 Å². The zero-order valence-electron chi connectivity index (χ0n) is 6.77. The Morgan fingerprint density at radius 2 is 2.15 bits per heavy atom. The molecule has 0 bridgehead atoms. The molecule has 2 heterocycles. The molecule has 2 aromatic rings. The summed E-state index contributed by atoms with van der Waals surface area (Å²) in [5.41, 5.74) is 7.25. The standard InChI is InChI=1S/C9H8N2O2/c10-7-1-2-8-3-6(9(12)13)4-11(8)5-7/h1-5H,10H2,(H,12,13). The molecule has 4 heteroatoms. The Labute approximate surface area is 74.2 Å². The van der Waals surface area contributed by atoms with E-state index >= 15 is 0 Å². The summed E-state index contributed by atoms with van der Waals surface area (Å²) < 4.78 is 1.69. The minimum Gasteiger partial charge on any atom is -0.478 e. The first kappa shape index (κ1) is 7.67. The molecule has 0 aromatic carbocycles. The van der Waals surface area contributed by atoms with E-state index in [-0.39, 0.29) is 5.56 Å². The van der Waals surface area contributed by atoms with Crippen LogP contribution in [-0.4, -0.2) is 15.5 Å². The van der Waals surface area contributed by atoms with Crippen LogP contribution in [0.3, 0.4) is 0 Å². The molecule has 0 aliphatic rings. The fourth-order valence-corrected chi connectivity index (χ4v) is 1.24. The van der Waals surface area contributed by atoms with Crippen molar-refractivity contribution in [1.29, 1.82) is 0 Å². The normalized spacial score (nSPS) is 10.5. The fraction of sp³-hybridized carbons (Fsp3) is 0. The molecule has 0 fully saturated rings. The van der Waals surface area contributed by atoms with Crippen LogP contribution < -0.4 is 5.73 Å². The molecule has 66 valence electrons. The molecule has 4 nitrogen and oxygen atoms in total. The molecule has 0 aliphatic carbocycles. The van der Waals surface area contributed by atoms with Gasteiger partial charge in [-0.05, 0) is 18.2 Å². The van der Waals surface area contributed by atoms with Crippen molar-refractivity contribution in [3.8, 4) is 0 Å². The van der Waals surface area contributed by atoms with Crippen molar-refractivity contribution in [3.63, 3.8) is 0 Å². The van der Waals surface area contributed by atoms with E-state index in [1.807, 2.05) is 0 Å². The number of fused-ring (bicyclic) bond motifs is 1. The topological polar surface area (TPSA) is 67.7 Å². The maximum Gasteiger partial charge on any atom is 0.337 e. The molecule has 0 atom stereocenters. The summed E-state index contributed by atoms with van der Waals surface area (Å²) in [5, 5.41) is 8.71. The van der Waals surface area contributed by atoms with E-state index in [1.54, 1.807) is 28.8 Å². The van der Waals surface area contributed by atoms with E-state index in [9.17, 15) is 4.79 Å². The average molecular weight is 176 g/mol. The molecule has 0 saturated carbocycles. The summed E-state index contributed by atoms with van der Waals surface area (Å²) in [7, 11) is 0. The number of carboxylic acid groups (broad SMARTS) is 1. The summed E-state index contributed by atoms with van der Waals surface area (Å²) in [4.78, 5) is 10.6. The van der Waals surface area contributed by atoms with E-state index in [0.717, 1.165) is 5.52 Å². The lowest BCUT2D eigenvalue weighted by atomic mass is 10.3. The summed E-state index contributed by atoms with van der Waals surface area (Å²) in [5.74, 6) is -0.928. The highest BCUT2D eigenvalue weighted by molar-refractivity contribution is 5.89. The predicted octanol–water partition coefficient (Wildman–Crippen LogP) is 1.22. The summed E-state index contributed by atoms with van der Waals surface area (Å²) in [6.07, 6.45) is 3.22. The van der Waals surface area contributed by atoms with Crippen molar-refractivity contribution in [2.45, 2.75) is 0 Å². The molecular weight excluding hydrogens is 168 g/mol. The number of aromatic carboxylic acids is 1. The third kappa shape index (κ3) is 1.22. The van der Waals surface area contributed by atoms with Gasteiger partial charge in [0.2, 0.25) is 0 Å². The fourth-order valence-electron chi connectivity index (χ4n) is 1.24. The maximum atomic E-state index is 10.6. The predicted molar refractivity (Wildman–Crippen MR) is 48.8 cm³/mol. The largest absolute Gasteiger partial charge is 0.478 e. The molecule has 0 unspecified atom stereocenters. The van der Waals surface area contributed by atoms with Crippen LogP contribution in [0.2, 0.25) is 0 Å². The Hall–Kier alpha value is -1.97. The van der Waals surface area contributed by atoms with Crippen LogP contribution in [0.15, 0.2) is 30.6 Å². The number of nitrogens with two attached hydrogens (primary N) is 1. The van der Waals surface area contributed by atoms with Gasteiger partial charge in [0.25, 0.3) is 0 Å². The zero-order chi connectivity index (χ0) is 9.42. The summed E-state index contributed by atoms with van der Waals surface area (Å²) in [6, 6.07) is 5.12. The molecule has 0 aliphatic heterocycles. The van der Waals surface area contributed by atoms with Gasteiger partial charge in [-0.2, -0.15) is 0 Å². The second kappa shape index (κ2) is 2.52. The van der Waals surface area contributed by atoms with Gasteiger partial charge < -0.3 is 15.2 Å². The van der Waals surface area contributed by atoms with Crippen molar-refractivity contribution in [3.05, 3.63) is 36.2 Å². The molecule has 3 N–H and O–H groups in total. The SMILES string of the molecule is Nc1ccc2cc(C(=O)O)cn2c1. The third-order valence-corrected chi connectivity index (χ3v) is 1.86. The van der Waals surface area contributed by atoms with Gasteiger partial charge in [-0.3, -0.25) is 0 Å². The van der Waals surface area contributed by atoms with Gasteiger partial charge in [-0.1, -0.05) is 0 Å². The minimum atomic E-state index is -0.928.